The summed E-state index contributed by atoms with van der Waals surface area (Å²) < 4.78 is 5.43. The standard InChI is InChI=1S/C13H28N2O/c1-3-9-16-10-6-14-11-13(2)12-15-7-4-5-8-15/h13-14H,3-12H2,1-2H3. The molecular weight excluding hydrogens is 200 g/mol. The van der Waals surface area contributed by atoms with E-state index in [9.17, 15) is 0 Å². The molecule has 1 fully saturated rings. The van der Waals surface area contributed by atoms with Crippen LogP contribution in [0.5, 0.6) is 0 Å². The zero-order valence-electron chi connectivity index (χ0n) is 11.0. The summed E-state index contributed by atoms with van der Waals surface area (Å²) in [7, 11) is 0. The number of nitrogens with zero attached hydrogens (tertiary/aromatic N) is 1. The largest absolute Gasteiger partial charge is 0.380 e. The first-order valence-corrected chi connectivity index (χ1v) is 6.83. The molecule has 0 saturated carbocycles. The van der Waals surface area contributed by atoms with Crippen molar-refractivity contribution in [2.75, 3.05) is 45.9 Å². The SMILES string of the molecule is CCCOCCNCC(C)CN1CCCC1. The van der Waals surface area contributed by atoms with Gasteiger partial charge in [-0.05, 0) is 44.8 Å². The number of likely N-dealkylation sites (tertiary alicyclic amines) is 1. The predicted octanol–water partition coefficient (Wildman–Crippen LogP) is 1.73. The fraction of sp³-hybridized carbons (Fsp3) is 1.00. The Hall–Kier alpha value is -0.120. The van der Waals surface area contributed by atoms with Gasteiger partial charge in [-0.1, -0.05) is 13.8 Å². The average Bonchev–Trinajstić information content (AvgIpc) is 2.76. The van der Waals surface area contributed by atoms with Crippen molar-refractivity contribution in [1.82, 2.24) is 10.2 Å². The molecule has 1 heterocycles. The number of nitrogens with one attached hydrogen (secondary N) is 1. The second-order valence-electron chi connectivity index (χ2n) is 4.93. The summed E-state index contributed by atoms with van der Waals surface area (Å²) >= 11 is 0. The molecule has 1 N–H and O–H groups in total. The van der Waals surface area contributed by atoms with Crippen molar-refractivity contribution >= 4 is 0 Å². The van der Waals surface area contributed by atoms with Gasteiger partial charge in [0, 0.05) is 19.7 Å². The van der Waals surface area contributed by atoms with Gasteiger partial charge in [0.25, 0.3) is 0 Å². The Morgan fingerprint density at radius 1 is 1.25 bits per heavy atom. The van der Waals surface area contributed by atoms with Crippen molar-refractivity contribution < 1.29 is 4.74 Å². The quantitative estimate of drug-likeness (QED) is 0.608. The molecule has 0 aromatic carbocycles. The molecule has 0 amide bonds. The van der Waals surface area contributed by atoms with Crippen LogP contribution in [0, 0.1) is 5.92 Å². The van der Waals surface area contributed by atoms with Crippen molar-refractivity contribution in [3.05, 3.63) is 0 Å². The van der Waals surface area contributed by atoms with Gasteiger partial charge < -0.3 is 15.0 Å². The van der Waals surface area contributed by atoms with E-state index < -0.39 is 0 Å². The Balaban J connectivity index is 1.87. The zero-order chi connectivity index (χ0) is 11.6. The molecule has 1 rings (SSSR count). The lowest BCUT2D eigenvalue weighted by Crippen LogP contribution is -2.32. The molecule has 0 aliphatic carbocycles. The number of ether oxygens (including phenoxy) is 1. The summed E-state index contributed by atoms with van der Waals surface area (Å²) in [6.07, 6.45) is 3.90. The Labute approximate surface area is 101 Å². The van der Waals surface area contributed by atoms with Crippen LogP contribution in [0.3, 0.4) is 0 Å². The topological polar surface area (TPSA) is 24.5 Å². The van der Waals surface area contributed by atoms with Crippen LogP contribution in [0.4, 0.5) is 0 Å². The van der Waals surface area contributed by atoms with Crippen molar-refractivity contribution in [1.29, 1.82) is 0 Å². The summed E-state index contributed by atoms with van der Waals surface area (Å²) in [4.78, 5) is 2.58. The van der Waals surface area contributed by atoms with E-state index in [1.54, 1.807) is 0 Å². The van der Waals surface area contributed by atoms with Crippen molar-refractivity contribution in [3.63, 3.8) is 0 Å². The lowest BCUT2D eigenvalue weighted by atomic mass is 10.1. The second-order valence-corrected chi connectivity index (χ2v) is 4.93. The van der Waals surface area contributed by atoms with E-state index >= 15 is 0 Å². The van der Waals surface area contributed by atoms with Crippen LogP contribution in [0.15, 0.2) is 0 Å². The summed E-state index contributed by atoms with van der Waals surface area (Å²) in [5.41, 5.74) is 0. The fourth-order valence-corrected chi connectivity index (χ4v) is 2.21. The van der Waals surface area contributed by atoms with Gasteiger partial charge in [0.05, 0.1) is 6.61 Å². The van der Waals surface area contributed by atoms with Gasteiger partial charge in [0.15, 0.2) is 0 Å². The van der Waals surface area contributed by atoms with Crippen LogP contribution >= 0.6 is 0 Å². The van der Waals surface area contributed by atoms with Gasteiger partial charge in [-0.25, -0.2) is 0 Å². The first-order valence-electron chi connectivity index (χ1n) is 6.83. The Morgan fingerprint density at radius 3 is 2.69 bits per heavy atom. The highest BCUT2D eigenvalue weighted by Crippen LogP contribution is 2.09. The van der Waals surface area contributed by atoms with Gasteiger partial charge in [-0.15, -0.1) is 0 Å². The highest BCUT2D eigenvalue weighted by molar-refractivity contribution is 4.69. The van der Waals surface area contributed by atoms with Crippen LogP contribution in [-0.4, -0.2) is 50.8 Å². The first kappa shape index (κ1) is 13.9. The maximum absolute atomic E-state index is 5.43. The molecule has 0 aromatic heterocycles. The highest BCUT2D eigenvalue weighted by Gasteiger charge is 2.13. The number of rotatable bonds is 9. The Morgan fingerprint density at radius 2 is 2.00 bits per heavy atom. The fourth-order valence-electron chi connectivity index (χ4n) is 2.21. The maximum atomic E-state index is 5.43. The summed E-state index contributed by atoms with van der Waals surface area (Å²) in [5, 5.41) is 3.47. The molecule has 0 aromatic rings. The van der Waals surface area contributed by atoms with Crippen molar-refractivity contribution in [2.45, 2.75) is 33.1 Å². The third kappa shape index (κ3) is 6.46. The Kier molecular flexibility index (Phi) is 7.81. The van der Waals surface area contributed by atoms with E-state index in [4.69, 9.17) is 4.74 Å². The van der Waals surface area contributed by atoms with E-state index in [1.165, 1.54) is 32.5 Å². The minimum Gasteiger partial charge on any atom is -0.380 e. The molecule has 0 bridgehead atoms. The van der Waals surface area contributed by atoms with E-state index in [1.807, 2.05) is 0 Å². The van der Waals surface area contributed by atoms with Crippen LogP contribution < -0.4 is 5.32 Å². The maximum Gasteiger partial charge on any atom is 0.0590 e. The summed E-state index contributed by atoms with van der Waals surface area (Å²) in [6, 6.07) is 0. The molecule has 96 valence electrons. The van der Waals surface area contributed by atoms with Gasteiger partial charge >= 0.3 is 0 Å². The molecule has 0 radical (unpaired) electrons. The molecule has 1 saturated heterocycles. The smallest absolute Gasteiger partial charge is 0.0590 e. The van der Waals surface area contributed by atoms with Crippen molar-refractivity contribution in [2.24, 2.45) is 5.92 Å². The lowest BCUT2D eigenvalue weighted by molar-refractivity contribution is 0.135. The van der Waals surface area contributed by atoms with E-state index in [0.717, 1.165) is 38.6 Å². The molecule has 1 atom stereocenters. The first-order chi connectivity index (χ1) is 7.83. The molecule has 3 nitrogen and oxygen atoms in total. The van der Waals surface area contributed by atoms with E-state index in [0.29, 0.717) is 0 Å². The molecule has 3 heteroatoms. The molecule has 0 spiro atoms. The third-order valence-electron chi connectivity index (χ3n) is 3.03. The Bertz CT molecular complexity index is 158. The minimum atomic E-state index is 0.754. The normalized spacial score (nSPS) is 19.1. The van der Waals surface area contributed by atoms with Crippen LogP contribution in [-0.2, 0) is 4.74 Å². The molecule has 1 unspecified atom stereocenters. The monoisotopic (exact) mass is 228 g/mol. The third-order valence-corrected chi connectivity index (χ3v) is 3.03. The number of hydrogen-bond acceptors (Lipinski definition) is 3. The number of hydrogen-bond donors (Lipinski definition) is 1. The molecule has 1 aliphatic rings. The second kappa shape index (κ2) is 8.97. The van der Waals surface area contributed by atoms with Crippen LogP contribution in [0.2, 0.25) is 0 Å². The van der Waals surface area contributed by atoms with Crippen molar-refractivity contribution in [3.8, 4) is 0 Å². The van der Waals surface area contributed by atoms with Crippen LogP contribution in [0.25, 0.3) is 0 Å². The molecule has 16 heavy (non-hydrogen) atoms. The predicted molar refractivity (Wildman–Crippen MR) is 68.8 cm³/mol. The minimum absolute atomic E-state index is 0.754. The molecular formula is C13H28N2O. The van der Waals surface area contributed by atoms with Gasteiger partial charge in [-0.2, -0.15) is 0 Å². The average molecular weight is 228 g/mol. The van der Waals surface area contributed by atoms with Gasteiger partial charge in [-0.3, -0.25) is 0 Å². The zero-order valence-corrected chi connectivity index (χ0v) is 11.0. The van der Waals surface area contributed by atoms with Crippen LogP contribution in [0.1, 0.15) is 33.1 Å². The molecule has 1 aliphatic heterocycles. The highest BCUT2D eigenvalue weighted by atomic mass is 16.5. The summed E-state index contributed by atoms with van der Waals surface area (Å²) in [6.45, 7) is 12.2. The van der Waals surface area contributed by atoms with E-state index in [2.05, 4.69) is 24.1 Å². The van der Waals surface area contributed by atoms with E-state index in [-0.39, 0.29) is 0 Å². The van der Waals surface area contributed by atoms with Gasteiger partial charge in [0.2, 0.25) is 0 Å². The lowest BCUT2D eigenvalue weighted by Gasteiger charge is -2.20. The summed E-state index contributed by atoms with van der Waals surface area (Å²) in [5.74, 6) is 0.754. The van der Waals surface area contributed by atoms with Gasteiger partial charge in [0.1, 0.15) is 0 Å².